The van der Waals surface area contributed by atoms with Crippen molar-refractivity contribution < 1.29 is 4.74 Å². The first-order valence-electron chi connectivity index (χ1n) is 3.13. The summed E-state index contributed by atoms with van der Waals surface area (Å²) in [7, 11) is 0. The van der Waals surface area contributed by atoms with Gasteiger partial charge in [-0.25, -0.2) is 0 Å². The molecular weight excluding hydrogens is 342 g/mol. The van der Waals surface area contributed by atoms with Crippen LogP contribution in [0.5, 0.6) is 0 Å². The lowest BCUT2D eigenvalue weighted by atomic mass is 10.4. The first-order chi connectivity index (χ1) is 4.31. The van der Waals surface area contributed by atoms with Crippen molar-refractivity contribution in [3.8, 4) is 0 Å². The molecule has 0 bridgehead atoms. The summed E-state index contributed by atoms with van der Waals surface area (Å²) in [5.74, 6) is 0. The van der Waals surface area contributed by atoms with Crippen LogP contribution in [0.2, 0.25) is 0 Å². The zero-order valence-electron chi connectivity index (χ0n) is 5.57. The fourth-order valence-electron chi connectivity index (χ4n) is 0.483. The van der Waals surface area contributed by atoms with E-state index in [1.54, 1.807) is 0 Å². The van der Waals surface area contributed by atoms with Crippen LogP contribution in [0.1, 0.15) is 19.8 Å². The zero-order valence-corrected chi connectivity index (χ0v) is 9.88. The molecule has 0 aromatic heterocycles. The van der Waals surface area contributed by atoms with Gasteiger partial charge in [0.2, 0.25) is 0 Å². The lowest BCUT2D eigenvalue weighted by molar-refractivity contribution is 0.134. The molecule has 0 aliphatic carbocycles. The second-order valence-electron chi connectivity index (χ2n) is 1.76. The number of hydrogen-bond acceptors (Lipinski definition) is 1. The van der Waals surface area contributed by atoms with Crippen LogP contribution in [0, 0.1) is 0 Å². The average Bonchev–Trinajstić information content (AvgIpc) is 1.85. The predicted octanol–water partition coefficient (Wildman–Crippen LogP) is 3.00. The van der Waals surface area contributed by atoms with Crippen LogP contribution < -0.4 is 0 Å². The molecule has 0 saturated carbocycles. The Bertz CT molecular complexity index is 59.0. The fraction of sp³-hybridized carbons (Fsp3) is 1.00. The Morgan fingerprint density at radius 2 is 2.22 bits per heavy atom. The molecule has 0 radical (unpaired) electrons. The van der Waals surface area contributed by atoms with E-state index >= 15 is 0 Å². The van der Waals surface area contributed by atoms with E-state index in [1.807, 2.05) is 0 Å². The summed E-state index contributed by atoms with van der Waals surface area (Å²) < 4.78 is 6.94. The summed E-state index contributed by atoms with van der Waals surface area (Å²) in [4.78, 5) is 0. The first kappa shape index (κ1) is 10.4. The molecule has 1 nitrogen and oxygen atoms in total. The van der Waals surface area contributed by atoms with Crippen molar-refractivity contribution in [1.29, 1.82) is 0 Å². The SMILES string of the molecule is CCCC(I)OCCI. The van der Waals surface area contributed by atoms with Crippen molar-refractivity contribution in [1.82, 2.24) is 0 Å². The van der Waals surface area contributed by atoms with E-state index in [-0.39, 0.29) is 0 Å². The number of rotatable bonds is 5. The zero-order chi connectivity index (χ0) is 7.11. The Balaban J connectivity index is 2.95. The summed E-state index contributed by atoms with van der Waals surface area (Å²) in [6, 6.07) is 0. The van der Waals surface area contributed by atoms with Crippen molar-refractivity contribution in [3.63, 3.8) is 0 Å². The molecule has 0 aromatic carbocycles. The van der Waals surface area contributed by atoms with E-state index < -0.39 is 0 Å². The maximum Gasteiger partial charge on any atom is 0.108 e. The van der Waals surface area contributed by atoms with Gasteiger partial charge in [-0.1, -0.05) is 58.5 Å². The maximum atomic E-state index is 5.41. The van der Waals surface area contributed by atoms with Gasteiger partial charge in [-0.2, -0.15) is 0 Å². The van der Waals surface area contributed by atoms with Gasteiger partial charge in [0.15, 0.2) is 0 Å². The molecule has 1 unspecified atom stereocenters. The molecule has 0 aromatic rings. The van der Waals surface area contributed by atoms with Crippen LogP contribution in [0.25, 0.3) is 0 Å². The third-order valence-electron chi connectivity index (χ3n) is 0.891. The number of ether oxygens (including phenoxy) is 1. The van der Waals surface area contributed by atoms with Crippen LogP contribution in [-0.4, -0.2) is 15.1 Å². The monoisotopic (exact) mass is 354 g/mol. The molecule has 9 heavy (non-hydrogen) atoms. The van der Waals surface area contributed by atoms with Gasteiger partial charge in [0.05, 0.1) is 6.61 Å². The fourth-order valence-corrected chi connectivity index (χ4v) is 1.61. The first-order valence-corrected chi connectivity index (χ1v) is 5.90. The van der Waals surface area contributed by atoms with E-state index in [2.05, 4.69) is 52.1 Å². The normalized spacial score (nSPS) is 13.7. The van der Waals surface area contributed by atoms with Crippen LogP contribution in [0.3, 0.4) is 0 Å². The lowest BCUT2D eigenvalue weighted by Crippen LogP contribution is -2.05. The van der Waals surface area contributed by atoms with Gasteiger partial charge in [0.1, 0.15) is 4.11 Å². The highest BCUT2D eigenvalue weighted by atomic mass is 127. The minimum atomic E-state index is 0.433. The minimum absolute atomic E-state index is 0.433. The number of halogens is 2. The Hall–Kier alpha value is 1.42. The van der Waals surface area contributed by atoms with Crippen LogP contribution in [0.4, 0.5) is 0 Å². The van der Waals surface area contributed by atoms with Gasteiger partial charge in [-0.15, -0.1) is 0 Å². The average molecular weight is 354 g/mol. The predicted molar refractivity (Wildman–Crippen MR) is 57.6 cm³/mol. The quantitative estimate of drug-likeness (QED) is 0.545. The molecule has 0 rings (SSSR count). The molecule has 0 aliphatic rings. The molecule has 0 fully saturated rings. The second-order valence-corrected chi connectivity index (χ2v) is 4.23. The van der Waals surface area contributed by atoms with E-state index in [9.17, 15) is 0 Å². The molecule has 56 valence electrons. The molecule has 3 heteroatoms. The lowest BCUT2D eigenvalue weighted by Gasteiger charge is -2.07. The Labute approximate surface area is 84.2 Å². The smallest absolute Gasteiger partial charge is 0.108 e. The van der Waals surface area contributed by atoms with Crippen molar-refractivity contribution in [3.05, 3.63) is 0 Å². The van der Waals surface area contributed by atoms with E-state index in [1.165, 1.54) is 12.8 Å². The van der Waals surface area contributed by atoms with Crippen molar-refractivity contribution in [2.24, 2.45) is 0 Å². The maximum absolute atomic E-state index is 5.41. The third kappa shape index (κ3) is 7.32. The standard InChI is InChI=1S/C6H12I2O/c1-2-3-6(8)9-5-4-7/h6H,2-5H2,1H3. The largest absolute Gasteiger partial charge is 0.367 e. The molecule has 1 atom stereocenters. The molecule has 0 spiro atoms. The summed E-state index contributed by atoms with van der Waals surface area (Å²) in [5, 5.41) is 0. The molecule has 0 heterocycles. The number of alkyl halides is 2. The molecule has 0 saturated heterocycles. The van der Waals surface area contributed by atoms with Crippen LogP contribution >= 0.6 is 45.2 Å². The molecular formula is C6H12I2O. The highest BCUT2D eigenvalue weighted by Gasteiger charge is 1.99. The van der Waals surface area contributed by atoms with Gasteiger partial charge in [0, 0.05) is 4.43 Å². The Morgan fingerprint density at radius 3 is 2.67 bits per heavy atom. The summed E-state index contributed by atoms with van der Waals surface area (Å²) >= 11 is 4.66. The van der Waals surface area contributed by atoms with Gasteiger partial charge in [-0.05, 0) is 6.42 Å². The van der Waals surface area contributed by atoms with E-state index in [0.29, 0.717) is 4.11 Å². The molecule has 0 N–H and O–H groups in total. The summed E-state index contributed by atoms with van der Waals surface area (Å²) in [6.07, 6.45) is 2.39. The Kier molecular flexibility index (Phi) is 8.71. The Morgan fingerprint density at radius 1 is 1.56 bits per heavy atom. The van der Waals surface area contributed by atoms with Crippen molar-refractivity contribution in [2.75, 3.05) is 11.0 Å². The van der Waals surface area contributed by atoms with Gasteiger partial charge >= 0.3 is 0 Å². The highest BCUT2D eigenvalue weighted by molar-refractivity contribution is 14.1. The minimum Gasteiger partial charge on any atom is -0.367 e. The highest BCUT2D eigenvalue weighted by Crippen LogP contribution is 2.09. The third-order valence-corrected chi connectivity index (χ3v) is 2.31. The van der Waals surface area contributed by atoms with Crippen LogP contribution in [0.15, 0.2) is 0 Å². The second kappa shape index (κ2) is 7.53. The van der Waals surface area contributed by atoms with Gasteiger partial charge in [-0.3, -0.25) is 0 Å². The van der Waals surface area contributed by atoms with Crippen LogP contribution in [-0.2, 0) is 4.74 Å². The topological polar surface area (TPSA) is 9.23 Å². The molecule has 0 amide bonds. The van der Waals surface area contributed by atoms with Gasteiger partial charge in [0.25, 0.3) is 0 Å². The van der Waals surface area contributed by atoms with Gasteiger partial charge < -0.3 is 4.74 Å². The van der Waals surface area contributed by atoms with Crippen molar-refractivity contribution >= 4 is 45.2 Å². The summed E-state index contributed by atoms with van der Waals surface area (Å²) in [6.45, 7) is 3.08. The van der Waals surface area contributed by atoms with Crippen molar-refractivity contribution in [2.45, 2.75) is 23.9 Å². The number of hydrogen-bond donors (Lipinski definition) is 0. The molecule has 0 aliphatic heterocycles. The summed E-state index contributed by atoms with van der Waals surface area (Å²) in [5.41, 5.74) is 0. The van der Waals surface area contributed by atoms with E-state index in [4.69, 9.17) is 4.74 Å². The van der Waals surface area contributed by atoms with E-state index in [0.717, 1.165) is 11.0 Å².